The van der Waals surface area contributed by atoms with E-state index >= 15 is 0 Å². The fourth-order valence-electron chi connectivity index (χ4n) is 3.13. The van der Waals surface area contributed by atoms with Crippen molar-refractivity contribution >= 4 is 11.0 Å². The molecule has 0 radical (unpaired) electrons. The normalized spacial score (nSPS) is 11.8. The molecule has 0 unspecified atom stereocenters. The van der Waals surface area contributed by atoms with E-state index in [4.69, 9.17) is 4.74 Å². The molecule has 0 N–H and O–H groups in total. The van der Waals surface area contributed by atoms with Crippen LogP contribution < -0.4 is 10.3 Å². The topological polar surface area (TPSA) is 53.4 Å². The lowest BCUT2D eigenvalue weighted by molar-refractivity contribution is -0.274. The first kappa shape index (κ1) is 20.9. The molecule has 0 bridgehead atoms. The maximum absolute atomic E-state index is 12.8. The van der Waals surface area contributed by atoms with Crippen molar-refractivity contribution in [2.24, 2.45) is 0 Å². The number of rotatable bonds is 7. The van der Waals surface area contributed by atoms with Gasteiger partial charge in [0.2, 0.25) is 0 Å². The van der Waals surface area contributed by atoms with Gasteiger partial charge in [-0.15, -0.1) is 13.2 Å². The smallest absolute Gasteiger partial charge is 0.406 e. The Morgan fingerprint density at radius 1 is 1.07 bits per heavy atom. The van der Waals surface area contributed by atoms with Gasteiger partial charge in [-0.25, -0.2) is 4.98 Å². The predicted molar refractivity (Wildman–Crippen MR) is 104 cm³/mol. The first-order valence-corrected chi connectivity index (χ1v) is 9.21. The van der Waals surface area contributed by atoms with Crippen molar-refractivity contribution < 1.29 is 22.6 Å². The number of hydrogen-bond donors (Lipinski definition) is 0. The summed E-state index contributed by atoms with van der Waals surface area (Å²) >= 11 is 0. The second-order valence-corrected chi connectivity index (χ2v) is 6.53. The lowest BCUT2D eigenvalue weighted by Crippen LogP contribution is -2.27. The number of nitrogens with zero attached hydrogens (tertiary/aromatic N) is 2. The summed E-state index contributed by atoms with van der Waals surface area (Å²) in [7, 11) is 1.57. The summed E-state index contributed by atoms with van der Waals surface area (Å²) in [6.07, 6.45) is -3.34. The average molecular weight is 406 g/mol. The number of ether oxygens (including phenoxy) is 2. The molecule has 2 aromatic carbocycles. The minimum absolute atomic E-state index is 0.150. The van der Waals surface area contributed by atoms with E-state index in [2.05, 4.69) is 9.72 Å². The van der Waals surface area contributed by atoms with Crippen LogP contribution in [0.3, 0.4) is 0 Å². The Kier molecular flexibility index (Phi) is 6.22. The van der Waals surface area contributed by atoms with E-state index in [9.17, 15) is 18.0 Å². The number of benzene rings is 2. The van der Waals surface area contributed by atoms with E-state index in [0.29, 0.717) is 41.9 Å². The molecule has 0 atom stereocenters. The largest absolute Gasteiger partial charge is 0.573 e. The van der Waals surface area contributed by atoms with Crippen molar-refractivity contribution in [3.8, 4) is 16.9 Å². The number of aromatic nitrogens is 2. The third kappa shape index (κ3) is 4.95. The summed E-state index contributed by atoms with van der Waals surface area (Å²) in [4.78, 5) is 17.3. The maximum Gasteiger partial charge on any atom is 0.573 e. The molecule has 0 saturated heterocycles. The molecular weight excluding hydrogens is 385 g/mol. The van der Waals surface area contributed by atoms with Crippen molar-refractivity contribution in [2.75, 3.05) is 13.7 Å². The van der Waals surface area contributed by atoms with E-state index in [1.165, 1.54) is 12.1 Å². The Labute approximate surface area is 165 Å². The predicted octanol–water partition coefficient (Wildman–Crippen LogP) is 4.56. The fourth-order valence-corrected chi connectivity index (χ4v) is 3.13. The molecule has 29 heavy (non-hydrogen) atoms. The summed E-state index contributed by atoms with van der Waals surface area (Å²) in [5.74, 6) is -0.287. The van der Waals surface area contributed by atoms with E-state index < -0.39 is 6.36 Å². The van der Waals surface area contributed by atoms with Crippen molar-refractivity contribution in [2.45, 2.75) is 32.7 Å². The first-order valence-electron chi connectivity index (χ1n) is 9.21. The van der Waals surface area contributed by atoms with E-state index in [-0.39, 0.29) is 11.3 Å². The van der Waals surface area contributed by atoms with Crippen LogP contribution >= 0.6 is 0 Å². The molecule has 154 valence electrons. The second kappa shape index (κ2) is 8.65. The molecule has 3 aromatic rings. The Balaban J connectivity index is 2.04. The van der Waals surface area contributed by atoms with Crippen LogP contribution in [-0.2, 0) is 17.7 Å². The first-order chi connectivity index (χ1) is 13.8. The highest BCUT2D eigenvalue weighted by molar-refractivity contribution is 5.82. The van der Waals surface area contributed by atoms with Gasteiger partial charge in [-0.1, -0.05) is 31.5 Å². The molecule has 5 nitrogen and oxygen atoms in total. The van der Waals surface area contributed by atoms with Crippen molar-refractivity contribution in [1.29, 1.82) is 0 Å². The molecule has 0 amide bonds. The van der Waals surface area contributed by atoms with Gasteiger partial charge in [-0.05, 0) is 41.8 Å². The third-order valence-electron chi connectivity index (χ3n) is 4.44. The highest BCUT2D eigenvalue weighted by atomic mass is 19.4. The van der Waals surface area contributed by atoms with Crippen molar-refractivity contribution in [1.82, 2.24) is 9.55 Å². The zero-order chi connectivity index (χ0) is 21.0. The highest BCUT2D eigenvalue weighted by Crippen LogP contribution is 2.28. The molecule has 1 heterocycles. The van der Waals surface area contributed by atoms with Gasteiger partial charge in [0.25, 0.3) is 5.56 Å². The SMILES string of the molecule is CCCc1nc2ccc(-c3ccc(OC(F)(F)F)cc3)cc2n(CCOC)c1=O. The van der Waals surface area contributed by atoms with Crippen molar-refractivity contribution in [3.05, 3.63) is 58.5 Å². The highest BCUT2D eigenvalue weighted by Gasteiger charge is 2.30. The summed E-state index contributed by atoms with van der Waals surface area (Å²) in [5, 5.41) is 0. The van der Waals surface area contributed by atoms with Crippen LogP contribution in [0.5, 0.6) is 5.75 Å². The summed E-state index contributed by atoms with van der Waals surface area (Å²) < 4.78 is 47.7. The summed E-state index contributed by atoms with van der Waals surface area (Å²) in [6.45, 7) is 2.74. The van der Waals surface area contributed by atoms with Gasteiger partial charge in [0, 0.05) is 13.7 Å². The zero-order valence-corrected chi connectivity index (χ0v) is 16.1. The minimum Gasteiger partial charge on any atom is -0.406 e. The Morgan fingerprint density at radius 2 is 1.76 bits per heavy atom. The molecule has 0 fully saturated rings. The standard InChI is InChI=1S/C21H21F3N2O3/c1-3-4-18-20(27)26(11-12-28-2)19-13-15(7-10-17(19)25-18)14-5-8-16(9-6-14)29-21(22,23)24/h5-10,13H,3-4,11-12H2,1-2H3. The second-order valence-electron chi connectivity index (χ2n) is 6.53. The number of hydrogen-bond acceptors (Lipinski definition) is 4. The molecule has 8 heteroatoms. The average Bonchev–Trinajstić information content (AvgIpc) is 2.67. The van der Waals surface area contributed by atoms with Crippen LogP contribution in [0, 0.1) is 0 Å². The Bertz CT molecular complexity index is 1040. The van der Waals surface area contributed by atoms with Crippen LogP contribution in [0.1, 0.15) is 19.0 Å². The van der Waals surface area contributed by atoms with Crippen LogP contribution in [0.15, 0.2) is 47.3 Å². The van der Waals surface area contributed by atoms with E-state index in [0.717, 1.165) is 12.0 Å². The van der Waals surface area contributed by atoms with Gasteiger partial charge in [-0.2, -0.15) is 0 Å². The van der Waals surface area contributed by atoms with E-state index in [1.54, 1.807) is 23.8 Å². The molecule has 3 rings (SSSR count). The van der Waals surface area contributed by atoms with Gasteiger partial charge < -0.3 is 14.0 Å². The van der Waals surface area contributed by atoms with Crippen LogP contribution in [0.2, 0.25) is 0 Å². The molecule has 0 aliphatic rings. The summed E-state index contributed by atoms with van der Waals surface area (Å²) in [5.41, 5.74) is 3.15. The van der Waals surface area contributed by atoms with Gasteiger partial charge in [0.15, 0.2) is 0 Å². The maximum atomic E-state index is 12.8. The van der Waals surface area contributed by atoms with Crippen LogP contribution in [-0.4, -0.2) is 29.6 Å². The molecule has 0 aliphatic heterocycles. The van der Waals surface area contributed by atoms with Gasteiger partial charge >= 0.3 is 6.36 Å². The lowest BCUT2D eigenvalue weighted by atomic mass is 10.0. The van der Waals surface area contributed by atoms with Gasteiger partial charge in [0.05, 0.1) is 17.6 Å². The van der Waals surface area contributed by atoms with Crippen molar-refractivity contribution in [3.63, 3.8) is 0 Å². The fraction of sp³-hybridized carbons (Fsp3) is 0.333. The third-order valence-corrected chi connectivity index (χ3v) is 4.44. The zero-order valence-electron chi connectivity index (χ0n) is 16.1. The van der Waals surface area contributed by atoms with Gasteiger partial charge in [-0.3, -0.25) is 4.79 Å². The minimum atomic E-state index is -4.73. The number of aryl methyl sites for hydroxylation is 1. The molecule has 0 saturated carbocycles. The molecule has 0 aliphatic carbocycles. The van der Waals surface area contributed by atoms with Gasteiger partial charge in [0.1, 0.15) is 11.4 Å². The van der Waals surface area contributed by atoms with Crippen LogP contribution in [0.25, 0.3) is 22.2 Å². The molecular formula is C21H21F3N2O3. The van der Waals surface area contributed by atoms with Crippen LogP contribution in [0.4, 0.5) is 13.2 Å². The number of methoxy groups -OCH3 is 1. The Hall–Kier alpha value is -2.87. The lowest BCUT2D eigenvalue weighted by Gasteiger charge is -2.13. The van der Waals surface area contributed by atoms with E-state index in [1.807, 2.05) is 25.1 Å². The Morgan fingerprint density at radius 3 is 2.38 bits per heavy atom. The number of halogens is 3. The summed E-state index contributed by atoms with van der Waals surface area (Å²) in [6, 6.07) is 11.1. The number of fused-ring (bicyclic) bond motifs is 1. The molecule has 1 aromatic heterocycles. The molecule has 0 spiro atoms. The quantitative estimate of drug-likeness (QED) is 0.577. The monoisotopic (exact) mass is 406 g/mol. The number of alkyl halides is 3.